The van der Waals surface area contributed by atoms with E-state index in [9.17, 15) is 9.18 Å². The minimum Gasteiger partial charge on any atom is -0.451 e. The first-order chi connectivity index (χ1) is 13.5. The standard InChI is InChI=1S/C22H23FN2O2S.ClH/c1-22(13-24)10-11-25(14-22)21(26)20-18(17-4-2-3-5-19(17)27-20)12-28-16-8-6-15(23)7-9-16;/h2-9H,10-14,24H2,1H3;1H. The van der Waals surface area contributed by atoms with Crippen molar-refractivity contribution < 1.29 is 13.6 Å². The molecule has 154 valence electrons. The van der Waals surface area contributed by atoms with E-state index in [1.54, 1.807) is 23.9 Å². The summed E-state index contributed by atoms with van der Waals surface area (Å²) in [5.74, 6) is 0.636. The van der Waals surface area contributed by atoms with Gasteiger partial charge in [0.15, 0.2) is 5.76 Å². The van der Waals surface area contributed by atoms with Crippen molar-refractivity contribution in [1.29, 1.82) is 0 Å². The van der Waals surface area contributed by atoms with Gasteiger partial charge in [-0.1, -0.05) is 25.1 Å². The van der Waals surface area contributed by atoms with E-state index >= 15 is 0 Å². The van der Waals surface area contributed by atoms with Crippen LogP contribution in [-0.2, 0) is 5.75 Å². The summed E-state index contributed by atoms with van der Waals surface area (Å²) in [6.45, 7) is 4.01. The highest BCUT2D eigenvalue weighted by molar-refractivity contribution is 7.98. The summed E-state index contributed by atoms with van der Waals surface area (Å²) < 4.78 is 19.1. The molecule has 0 radical (unpaired) electrons. The molecule has 0 bridgehead atoms. The Morgan fingerprint density at radius 2 is 1.97 bits per heavy atom. The zero-order valence-electron chi connectivity index (χ0n) is 16.2. The molecule has 2 aromatic carbocycles. The maximum absolute atomic E-state index is 13.2. The Bertz CT molecular complexity index is 1010. The summed E-state index contributed by atoms with van der Waals surface area (Å²) in [7, 11) is 0. The smallest absolute Gasteiger partial charge is 0.289 e. The van der Waals surface area contributed by atoms with Crippen molar-refractivity contribution >= 4 is 41.0 Å². The molecular formula is C22H24ClFN2O2S. The molecule has 1 saturated heterocycles. The van der Waals surface area contributed by atoms with E-state index in [2.05, 4.69) is 6.92 Å². The van der Waals surface area contributed by atoms with Gasteiger partial charge in [-0.2, -0.15) is 0 Å². The van der Waals surface area contributed by atoms with Crippen LogP contribution in [-0.4, -0.2) is 30.4 Å². The number of furan rings is 1. The molecule has 1 aliphatic rings. The fourth-order valence-corrected chi connectivity index (χ4v) is 4.53. The first kappa shape index (κ1) is 21.7. The van der Waals surface area contributed by atoms with Gasteiger partial charge in [0.1, 0.15) is 11.4 Å². The zero-order valence-corrected chi connectivity index (χ0v) is 17.8. The number of benzene rings is 2. The monoisotopic (exact) mass is 434 g/mol. The quantitative estimate of drug-likeness (QED) is 0.568. The van der Waals surface area contributed by atoms with Crippen LogP contribution in [0.15, 0.2) is 57.8 Å². The molecule has 1 atom stereocenters. The normalized spacial score (nSPS) is 18.8. The van der Waals surface area contributed by atoms with Crippen LogP contribution in [0.5, 0.6) is 0 Å². The highest BCUT2D eigenvalue weighted by Gasteiger charge is 2.37. The predicted octanol–water partition coefficient (Wildman–Crippen LogP) is 5.10. The summed E-state index contributed by atoms with van der Waals surface area (Å²) in [6, 6.07) is 14.1. The van der Waals surface area contributed by atoms with Gasteiger partial charge in [-0.25, -0.2) is 4.39 Å². The molecule has 0 saturated carbocycles. The molecule has 2 heterocycles. The van der Waals surface area contributed by atoms with Crippen molar-refractivity contribution in [3.63, 3.8) is 0 Å². The van der Waals surface area contributed by atoms with E-state index in [4.69, 9.17) is 10.2 Å². The van der Waals surface area contributed by atoms with Crippen LogP contribution < -0.4 is 5.73 Å². The van der Waals surface area contributed by atoms with Gasteiger partial charge in [-0.3, -0.25) is 4.79 Å². The lowest BCUT2D eigenvalue weighted by molar-refractivity contribution is 0.0746. The topological polar surface area (TPSA) is 59.5 Å². The Balaban J connectivity index is 0.00000240. The number of para-hydroxylation sites is 1. The minimum absolute atomic E-state index is 0. The summed E-state index contributed by atoms with van der Waals surface area (Å²) in [5, 5.41) is 0.946. The first-order valence-corrected chi connectivity index (χ1v) is 10.4. The molecule has 4 nitrogen and oxygen atoms in total. The van der Waals surface area contributed by atoms with Crippen LogP contribution in [0.1, 0.15) is 29.5 Å². The van der Waals surface area contributed by atoms with E-state index in [0.717, 1.165) is 22.3 Å². The number of amides is 1. The Labute approximate surface area is 180 Å². The van der Waals surface area contributed by atoms with Gasteiger partial charge in [0.05, 0.1) is 0 Å². The third-order valence-corrected chi connectivity index (χ3v) is 6.47. The highest BCUT2D eigenvalue weighted by Crippen LogP contribution is 2.35. The number of hydrogen-bond donors (Lipinski definition) is 1. The van der Waals surface area contributed by atoms with Gasteiger partial charge < -0.3 is 15.1 Å². The number of halogens is 2. The molecule has 1 unspecified atom stereocenters. The molecule has 0 spiro atoms. The average molecular weight is 435 g/mol. The molecule has 29 heavy (non-hydrogen) atoms. The minimum atomic E-state index is -0.258. The second-order valence-corrected chi connectivity index (χ2v) is 8.69. The third-order valence-electron chi connectivity index (χ3n) is 5.43. The number of fused-ring (bicyclic) bond motifs is 1. The van der Waals surface area contributed by atoms with E-state index in [0.29, 0.717) is 36.7 Å². The number of likely N-dealkylation sites (tertiary alicyclic amines) is 1. The number of rotatable bonds is 5. The molecule has 1 fully saturated rings. The fourth-order valence-electron chi connectivity index (χ4n) is 3.61. The maximum atomic E-state index is 13.2. The van der Waals surface area contributed by atoms with E-state index in [-0.39, 0.29) is 29.5 Å². The van der Waals surface area contributed by atoms with Crippen LogP contribution in [0.25, 0.3) is 11.0 Å². The van der Waals surface area contributed by atoms with E-state index in [1.807, 2.05) is 29.2 Å². The van der Waals surface area contributed by atoms with Crippen molar-refractivity contribution in [1.82, 2.24) is 4.90 Å². The lowest BCUT2D eigenvalue weighted by atomic mass is 9.90. The van der Waals surface area contributed by atoms with Gasteiger partial charge in [0, 0.05) is 34.7 Å². The second-order valence-electron chi connectivity index (χ2n) is 7.64. The molecule has 1 aliphatic heterocycles. The highest BCUT2D eigenvalue weighted by atomic mass is 35.5. The number of nitrogens with two attached hydrogens (primary N) is 1. The Kier molecular flexibility index (Phi) is 6.56. The molecule has 0 aliphatic carbocycles. The molecule has 1 amide bonds. The largest absolute Gasteiger partial charge is 0.451 e. The van der Waals surface area contributed by atoms with Gasteiger partial charge in [-0.05, 0) is 48.7 Å². The van der Waals surface area contributed by atoms with E-state index < -0.39 is 0 Å². The number of nitrogens with zero attached hydrogens (tertiary/aromatic N) is 1. The van der Waals surface area contributed by atoms with Crippen molar-refractivity contribution in [2.75, 3.05) is 19.6 Å². The van der Waals surface area contributed by atoms with E-state index in [1.165, 1.54) is 12.1 Å². The number of carbonyl (C=O) groups is 1. The summed E-state index contributed by atoms with van der Waals surface area (Å²) in [6.07, 6.45) is 0.898. The predicted molar refractivity (Wildman–Crippen MR) is 117 cm³/mol. The fraction of sp³-hybridized carbons (Fsp3) is 0.318. The lowest BCUT2D eigenvalue weighted by Crippen LogP contribution is -2.34. The van der Waals surface area contributed by atoms with Crippen molar-refractivity contribution in [3.05, 3.63) is 65.7 Å². The summed E-state index contributed by atoms with van der Waals surface area (Å²) >= 11 is 1.56. The Morgan fingerprint density at radius 3 is 2.66 bits per heavy atom. The molecule has 1 aromatic heterocycles. The van der Waals surface area contributed by atoms with Crippen molar-refractivity contribution in [3.8, 4) is 0 Å². The van der Waals surface area contributed by atoms with Gasteiger partial charge in [0.2, 0.25) is 0 Å². The van der Waals surface area contributed by atoms with Crippen LogP contribution in [0.4, 0.5) is 4.39 Å². The SMILES string of the molecule is CC1(CN)CCN(C(=O)c2oc3ccccc3c2CSc2ccc(F)cc2)C1.Cl. The van der Waals surface area contributed by atoms with Crippen molar-refractivity contribution in [2.45, 2.75) is 24.0 Å². The Hall–Kier alpha value is -2.02. The number of hydrogen-bond acceptors (Lipinski definition) is 4. The lowest BCUT2D eigenvalue weighted by Gasteiger charge is -2.22. The molecule has 3 aromatic rings. The summed E-state index contributed by atoms with van der Waals surface area (Å²) in [5.41, 5.74) is 7.45. The second kappa shape index (κ2) is 8.78. The Morgan fingerprint density at radius 1 is 1.24 bits per heavy atom. The molecular weight excluding hydrogens is 411 g/mol. The van der Waals surface area contributed by atoms with Gasteiger partial charge in [0.25, 0.3) is 5.91 Å². The third kappa shape index (κ3) is 4.44. The van der Waals surface area contributed by atoms with Gasteiger partial charge in [-0.15, -0.1) is 24.2 Å². The first-order valence-electron chi connectivity index (χ1n) is 9.37. The van der Waals surface area contributed by atoms with Crippen LogP contribution in [0, 0.1) is 11.2 Å². The van der Waals surface area contributed by atoms with Crippen LogP contribution in [0.3, 0.4) is 0 Å². The molecule has 7 heteroatoms. The average Bonchev–Trinajstić information content (AvgIpc) is 3.29. The van der Waals surface area contributed by atoms with Crippen LogP contribution in [0.2, 0.25) is 0 Å². The molecule has 4 rings (SSSR count). The number of thioether (sulfide) groups is 1. The number of carbonyl (C=O) groups excluding carboxylic acids is 1. The van der Waals surface area contributed by atoms with Crippen molar-refractivity contribution in [2.24, 2.45) is 11.1 Å². The van der Waals surface area contributed by atoms with Gasteiger partial charge >= 0.3 is 0 Å². The van der Waals surface area contributed by atoms with Crippen LogP contribution >= 0.6 is 24.2 Å². The summed E-state index contributed by atoms with van der Waals surface area (Å²) in [4.78, 5) is 16.0. The molecule has 2 N–H and O–H groups in total. The zero-order chi connectivity index (χ0) is 19.7. The maximum Gasteiger partial charge on any atom is 0.289 e.